The zero-order chi connectivity index (χ0) is 56.8. The van der Waals surface area contributed by atoms with E-state index in [4.69, 9.17) is 4.85 Å². The van der Waals surface area contributed by atoms with Crippen molar-refractivity contribution in [2.45, 2.75) is 220 Å². The van der Waals surface area contributed by atoms with E-state index in [2.05, 4.69) is 159 Å². The summed E-state index contributed by atoms with van der Waals surface area (Å²) in [7, 11) is 0. The standard InChI is InChI=1S/C78H82N4/c1-14-75(15-2,16-3)49-36-55-53-41-61-54(40-60(53)81-71(55)57(38-49)64-51-24-30-77(26-20-21-27-77)68(51)59(42-79)66(73(64)81)62-45(9)32-43(7)33-46(62)10)56-37-50(76(17-4,18-5)19-6)39-58-65-52-25-31-78(28-22-23-29-78)69(52)70(80-13)67(74(65)82(61)72(56)58)63-47(11)34-44(8)35-48(63)12/h32-41H,14-31H2,1-12H3. The van der Waals surface area contributed by atoms with Crippen LogP contribution in [-0.2, 0) is 34.5 Å². The van der Waals surface area contributed by atoms with Crippen LogP contribution in [0.4, 0.5) is 5.69 Å². The number of benzene rings is 7. The molecule has 4 aromatic heterocycles. The second-order valence-corrected chi connectivity index (χ2v) is 27.5. The van der Waals surface area contributed by atoms with Crippen LogP contribution in [0.1, 0.15) is 217 Å². The molecule has 0 N–H and O–H groups in total. The lowest BCUT2D eigenvalue weighted by Gasteiger charge is -2.31. The maximum Gasteiger partial charge on any atom is 0.201 e. The van der Waals surface area contributed by atoms with Gasteiger partial charge in [0.2, 0.25) is 5.69 Å². The Morgan fingerprint density at radius 2 is 0.841 bits per heavy atom. The largest absolute Gasteiger partial charge is 0.309 e. The molecule has 82 heavy (non-hydrogen) atoms. The van der Waals surface area contributed by atoms with E-state index < -0.39 is 0 Å². The second-order valence-electron chi connectivity index (χ2n) is 27.5. The van der Waals surface area contributed by atoms with Gasteiger partial charge in [-0.25, -0.2) is 4.85 Å². The first-order chi connectivity index (χ1) is 39.6. The van der Waals surface area contributed by atoms with Crippen molar-refractivity contribution < 1.29 is 0 Å². The predicted octanol–water partition coefficient (Wildman–Crippen LogP) is 22.0. The van der Waals surface area contributed by atoms with Crippen molar-refractivity contribution in [3.05, 3.63) is 144 Å². The van der Waals surface area contributed by atoms with Crippen LogP contribution in [0.2, 0.25) is 0 Å². The fourth-order valence-electron chi connectivity index (χ4n) is 20.1. The van der Waals surface area contributed by atoms with Crippen molar-refractivity contribution in [2.75, 3.05) is 0 Å². The summed E-state index contributed by atoms with van der Waals surface area (Å²) in [5, 5.41) is 22.8. The Kier molecular flexibility index (Phi) is 11.3. The molecule has 4 heterocycles. The number of rotatable bonds is 10. The summed E-state index contributed by atoms with van der Waals surface area (Å²) >= 11 is 0. The molecule has 414 valence electrons. The van der Waals surface area contributed by atoms with Gasteiger partial charge in [0.1, 0.15) is 6.07 Å². The Bertz CT molecular complexity index is 4320. The average molecular weight is 1080 g/mol. The molecule has 0 atom stereocenters. The van der Waals surface area contributed by atoms with Gasteiger partial charge in [0.15, 0.2) is 0 Å². The highest BCUT2D eigenvalue weighted by atomic mass is 14.9. The molecule has 7 aromatic carbocycles. The molecule has 4 aliphatic rings. The molecular weight excluding hydrogens is 993 g/mol. The molecule has 15 rings (SSSR count). The van der Waals surface area contributed by atoms with Gasteiger partial charge < -0.3 is 8.80 Å². The fraction of sp³-hybridized carbons (Fsp3) is 0.436. The Morgan fingerprint density at radius 3 is 1.24 bits per heavy atom. The Morgan fingerprint density at radius 1 is 0.463 bits per heavy atom. The summed E-state index contributed by atoms with van der Waals surface area (Å²) in [6, 6.07) is 28.3. The maximum atomic E-state index is 12.0. The van der Waals surface area contributed by atoms with Crippen LogP contribution < -0.4 is 0 Å². The molecule has 4 aliphatic carbocycles. The Labute approximate surface area is 486 Å². The summed E-state index contributed by atoms with van der Waals surface area (Å²) < 4.78 is 5.41. The number of hydrogen-bond donors (Lipinski definition) is 0. The summed E-state index contributed by atoms with van der Waals surface area (Å²) in [6.07, 6.45) is 20.4. The molecule has 0 saturated heterocycles. The number of aryl methyl sites for hydroxylation is 8. The number of aromatic nitrogens is 2. The van der Waals surface area contributed by atoms with Crippen LogP contribution in [0.3, 0.4) is 0 Å². The highest BCUT2D eigenvalue weighted by Gasteiger charge is 2.48. The monoisotopic (exact) mass is 1070 g/mol. The van der Waals surface area contributed by atoms with E-state index in [-0.39, 0.29) is 21.7 Å². The third-order valence-electron chi connectivity index (χ3n) is 24.2. The van der Waals surface area contributed by atoms with Gasteiger partial charge in [0.25, 0.3) is 0 Å². The van der Waals surface area contributed by atoms with E-state index in [1.54, 1.807) is 0 Å². The Hall–Kier alpha value is -6.88. The summed E-state index contributed by atoms with van der Waals surface area (Å²) in [4.78, 5) is 4.82. The van der Waals surface area contributed by atoms with Gasteiger partial charge in [-0.1, -0.05) is 103 Å². The van der Waals surface area contributed by atoms with E-state index in [0.29, 0.717) is 0 Å². The normalized spacial score (nSPS) is 16.9. The van der Waals surface area contributed by atoms with Crippen LogP contribution >= 0.6 is 0 Å². The topological polar surface area (TPSA) is 37.0 Å². The minimum atomic E-state index is 0.0135. The quantitative estimate of drug-likeness (QED) is 0.126. The minimum absolute atomic E-state index is 0.0135. The van der Waals surface area contributed by atoms with E-state index in [1.807, 2.05) is 0 Å². The SMILES string of the molecule is [C-]#[N+]c1c2c(c3c4cc(C(CC)(CC)CC)cc5c6cc7c(cc6n(c3c1-c1c(C)cc(C)cc1C)c54)c1cc(C(CC)(CC)CC)cc3c4c5c(c(C#N)c(-c6c(C)cc(C)cc6C)c4n7c13)C1(CCCC1)CC5)CCC21CCCC1. The van der Waals surface area contributed by atoms with Gasteiger partial charge in [-0.2, -0.15) is 5.26 Å². The molecule has 2 spiro atoms. The van der Waals surface area contributed by atoms with Crippen LogP contribution in [0.5, 0.6) is 0 Å². The highest BCUT2D eigenvalue weighted by Crippen LogP contribution is 2.63. The van der Waals surface area contributed by atoms with Crippen LogP contribution in [0.15, 0.2) is 60.7 Å². The highest BCUT2D eigenvalue weighted by molar-refractivity contribution is 6.32. The molecule has 0 unspecified atom stereocenters. The van der Waals surface area contributed by atoms with E-state index in [0.717, 1.165) is 86.6 Å². The van der Waals surface area contributed by atoms with Crippen molar-refractivity contribution in [3.63, 3.8) is 0 Å². The van der Waals surface area contributed by atoms with Crippen LogP contribution in [-0.4, -0.2) is 8.80 Å². The number of fused-ring (bicyclic) bond motifs is 18. The van der Waals surface area contributed by atoms with E-state index >= 15 is 0 Å². The lowest BCUT2D eigenvalue weighted by molar-refractivity contribution is 0.382. The van der Waals surface area contributed by atoms with Gasteiger partial charge in [-0.05, 0) is 256 Å². The first-order valence-corrected chi connectivity index (χ1v) is 32.2. The Balaban J connectivity index is 1.22. The van der Waals surface area contributed by atoms with Gasteiger partial charge >= 0.3 is 0 Å². The van der Waals surface area contributed by atoms with Crippen LogP contribution in [0, 0.1) is 59.4 Å². The lowest BCUT2D eigenvalue weighted by atomic mass is 9.73. The molecule has 4 nitrogen and oxygen atoms in total. The van der Waals surface area contributed by atoms with E-state index in [1.165, 1.54) is 205 Å². The molecule has 0 bridgehead atoms. The second kappa shape index (κ2) is 17.8. The zero-order valence-electron chi connectivity index (χ0n) is 51.3. The van der Waals surface area contributed by atoms with Gasteiger partial charge in [-0.3, -0.25) is 0 Å². The molecule has 4 heteroatoms. The molecule has 2 saturated carbocycles. The molecule has 0 radical (unpaired) electrons. The van der Waals surface area contributed by atoms with Gasteiger partial charge in [-0.15, -0.1) is 0 Å². The molecule has 0 aliphatic heterocycles. The van der Waals surface area contributed by atoms with Crippen molar-refractivity contribution in [2.24, 2.45) is 0 Å². The van der Waals surface area contributed by atoms with Gasteiger partial charge in [0, 0.05) is 54.2 Å². The number of hydrogen-bond acceptors (Lipinski definition) is 1. The third kappa shape index (κ3) is 6.33. The molecular formula is C78H82N4. The van der Waals surface area contributed by atoms with Crippen molar-refractivity contribution in [1.82, 2.24) is 8.80 Å². The fourth-order valence-corrected chi connectivity index (χ4v) is 20.1. The third-order valence-corrected chi connectivity index (χ3v) is 24.2. The van der Waals surface area contributed by atoms with Gasteiger partial charge in [0.05, 0.1) is 45.2 Å². The molecule has 2 fully saturated rings. The van der Waals surface area contributed by atoms with E-state index in [9.17, 15) is 11.8 Å². The smallest absolute Gasteiger partial charge is 0.201 e. The molecule has 11 aromatic rings. The average Bonchev–Trinajstić information content (AvgIpc) is 1.58. The van der Waals surface area contributed by atoms with Crippen molar-refractivity contribution >= 4 is 81.9 Å². The number of nitrogens with zero attached hydrogens (tertiary/aromatic N) is 4. The summed E-state index contributed by atoms with van der Waals surface area (Å²) in [5.41, 5.74) is 30.5. The first kappa shape index (κ1) is 52.0. The first-order valence-electron chi connectivity index (χ1n) is 32.2. The summed E-state index contributed by atoms with van der Waals surface area (Å²) in [5.74, 6) is 0. The van der Waals surface area contributed by atoms with Crippen molar-refractivity contribution in [3.8, 4) is 28.3 Å². The van der Waals surface area contributed by atoms with Crippen molar-refractivity contribution in [1.29, 1.82) is 5.26 Å². The van der Waals surface area contributed by atoms with Crippen LogP contribution in [0.25, 0.3) is 103 Å². The maximum absolute atomic E-state index is 12.0. The number of nitriles is 1. The predicted molar refractivity (Wildman–Crippen MR) is 348 cm³/mol. The zero-order valence-corrected chi connectivity index (χ0v) is 51.3. The molecule has 0 amide bonds. The summed E-state index contributed by atoms with van der Waals surface area (Å²) in [6.45, 7) is 37.6. The minimum Gasteiger partial charge on any atom is -0.309 e. The lowest BCUT2D eigenvalue weighted by Crippen LogP contribution is -2.23.